The SMILES string of the molecule is C[C@@H](C(=O)Nc1cccc2ccccc12)N(C)Cc1ccc(Cl)s1. The Kier molecular flexibility index (Phi) is 5.19. The first-order valence-electron chi connectivity index (χ1n) is 7.77. The van der Waals surface area contributed by atoms with E-state index in [2.05, 4.69) is 5.32 Å². The van der Waals surface area contributed by atoms with E-state index in [0.717, 1.165) is 25.7 Å². The number of likely N-dealkylation sites (N-methyl/N-ethyl adjacent to an activating group) is 1. The standard InChI is InChI=1S/C19H19ClN2OS/c1-13(22(2)12-15-10-11-18(20)24-15)19(23)21-17-9-5-7-14-6-3-4-8-16(14)17/h3-11,13H,12H2,1-2H3,(H,21,23)/t13-/m0/s1. The number of nitrogens with one attached hydrogen (secondary N) is 1. The predicted molar refractivity (Wildman–Crippen MR) is 103 cm³/mol. The zero-order valence-electron chi connectivity index (χ0n) is 13.6. The van der Waals surface area contributed by atoms with E-state index in [-0.39, 0.29) is 11.9 Å². The summed E-state index contributed by atoms with van der Waals surface area (Å²) in [5.74, 6) is -0.0171. The zero-order chi connectivity index (χ0) is 17.1. The summed E-state index contributed by atoms with van der Waals surface area (Å²) in [7, 11) is 1.95. The van der Waals surface area contributed by atoms with E-state index in [1.54, 1.807) is 11.3 Å². The molecule has 0 aliphatic heterocycles. The number of benzene rings is 2. The lowest BCUT2D eigenvalue weighted by molar-refractivity contribution is -0.120. The number of rotatable bonds is 5. The molecular formula is C19H19ClN2OS. The molecule has 0 bridgehead atoms. The molecule has 0 fully saturated rings. The summed E-state index contributed by atoms with van der Waals surface area (Å²) in [5.41, 5.74) is 0.845. The van der Waals surface area contributed by atoms with Crippen molar-refractivity contribution in [3.05, 3.63) is 63.8 Å². The number of hydrogen-bond acceptors (Lipinski definition) is 3. The summed E-state index contributed by atoms with van der Waals surface area (Å²) in [6, 6.07) is 17.6. The van der Waals surface area contributed by atoms with Crippen LogP contribution in [-0.4, -0.2) is 23.9 Å². The van der Waals surface area contributed by atoms with Gasteiger partial charge in [-0.2, -0.15) is 0 Å². The van der Waals surface area contributed by atoms with Crippen LogP contribution in [0.4, 0.5) is 5.69 Å². The number of nitrogens with zero attached hydrogens (tertiary/aromatic N) is 1. The predicted octanol–water partition coefficient (Wildman–Crippen LogP) is 5.01. The molecule has 1 atom stereocenters. The average molecular weight is 359 g/mol. The van der Waals surface area contributed by atoms with Gasteiger partial charge in [0.05, 0.1) is 10.4 Å². The largest absolute Gasteiger partial charge is 0.324 e. The highest BCUT2D eigenvalue weighted by molar-refractivity contribution is 7.16. The third kappa shape index (κ3) is 3.78. The van der Waals surface area contributed by atoms with Crippen LogP contribution in [0.5, 0.6) is 0 Å². The van der Waals surface area contributed by atoms with Crippen LogP contribution < -0.4 is 5.32 Å². The van der Waals surface area contributed by atoms with E-state index >= 15 is 0 Å². The molecule has 0 aliphatic rings. The van der Waals surface area contributed by atoms with Gasteiger partial charge in [-0.3, -0.25) is 9.69 Å². The van der Waals surface area contributed by atoms with Crippen LogP contribution in [0.2, 0.25) is 4.34 Å². The van der Waals surface area contributed by atoms with Gasteiger partial charge in [-0.25, -0.2) is 0 Å². The van der Waals surface area contributed by atoms with Crippen molar-refractivity contribution in [1.29, 1.82) is 0 Å². The van der Waals surface area contributed by atoms with E-state index in [4.69, 9.17) is 11.6 Å². The summed E-state index contributed by atoms with van der Waals surface area (Å²) in [5, 5.41) is 5.22. The normalized spacial score (nSPS) is 12.5. The van der Waals surface area contributed by atoms with Crippen molar-refractivity contribution in [2.24, 2.45) is 0 Å². The lowest BCUT2D eigenvalue weighted by atomic mass is 10.1. The van der Waals surface area contributed by atoms with Crippen LogP contribution in [0.25, 0.3) is 10.8 Å². The van der Waals surface area contributed by atoms with Gasteiger partial charge in [-0.15, -0.1) is 11.3 Å². The molecule has 2 aromatic carbocycles. The fraction of sp³-hybridized carbons (Fsp3) is 0.211. The van der Waals surface area contributed by atoms with E-state index in [1.807, 2.05) is 73.5 Å². The fourth-order valence-corrected chi connectivity index (χ4v) is 3.74. The zero-order valence-corrected chi connectivity index (χ0v) is 15.2. The average Bonchev–Trinajstić information content (AvgIpc) is 2.99. The quantitative estimate of drug-likeness (QED) is 0.695. The number of carbonyl (C=O) groups is 1. The molecule has 0 spiro atoms. The molecule has 1 amide bonds. The first kappa shape index (κ1) is 17.0. The van der Waals surface area contributed by atoms with Crippen molar-refractivity contribution in [2.45, 2.75) is 19.5 Å². The first-order valence-corrected chi connectivity index (χ1v) is 8.97. The summed E-state index contributed by atoms with van der Waals surface area (Å²) < 4.78 is 0.770. The van der Waals surface area contributed by atoms with E-state index in [0.29, 0.717) is 6.54 Å². The van der Waals surface area contributed by atoms with Crippen LogP contribution in [0.15, 0.2) is 54.6 Å². The second-order valence-electron chi connectivity index (χ2n) is 5.81. The number of halogens is 1. The lowest BCUT2D eigenvalue weighted by Gasteiger charge is -2.23. The second-order valence-corrected chi connectivity index (χ2v) is 7.61. The highest BCUT2D eigenvalue weighted by atomic mass is 35.5. The molecule has 1 N–H and O–H groups in total. The highest BCUT2D eigenvalue weighted by Gasteiger charge is 2.19. The first-order chi connectivity index (χ1) is 11.5. The van der Waals surface area contributed by atoms with E-state index < -0.39 is 0 Å². The van der Waals surface area contributed by atoms with Crippen molar-refractivity contribution < 1.29 is 4.79 Å². The van der Waals surface area contributed by atoms with Gasteiger partial charge in [0.15, 0.2) is 0 Å². The summed E-state index contributed by atoms with van der Waals surface area (Å²) >= 11 is 7.51. The molecule has 0 unspecified atom stereocenters. The molecule has 124 valence electrons. The number of amides is 1. The summed E-state index contributed by atoms with van der Waals surface area (Å²) in [4.78, 5) is 15.8. The van der Waals surface area contributed by atoms with Crippen LogP contribution in [-0.2, 0) is 11.3 Å². The van der Waals surface area contributed by atoms with Crippen molar-refractivity contribution >= 4 is 45.3 Å². The Morgan fingerprint density at radius 3 is 2.67 bits per heavy atom. The van der Waals surface area contributed by atoms with E-state index in [1.165, 1.54) is 0 Å². The van der Waals surface area contributed by atoms with Gasteiger partial charge in [0.1, 0.15) is 0 Å². The molecule has 5 heteroatoms. The number of fused-ring (bicyclic) bond motifs is 1. The molecule has 3 nitrogen and oxygen atoms in total. The number of thiophene rings is 1. The van der Waals surface area contributed by atoms with Gasteiger partial charge >= 0.3 is 0 Å². The Labute approximate surface area is 150 Å². The molecule has 0 radical (unpaired) electrons. The van der Waals surface area contributed by atoms with Crippen molar-refractivity contribution in [3.63, 3.8) is 0 Å². The molecule has 3 aromatic rings. The molecule has 24 heavy (non-hydrogen) atoms. The maximum atomic E-state index is 12.6. The second kappa shape index (κ2) is 7.34. The minimum Gasteiger partial charge on any atom is -0.324 e. The Hall–Kier alpha value is -1.88. The van der Waals surface area contributed by atoms with Gasteiger partial charge in [-0.05, 0) is 37.6 Å². The van der Waals surface area contributed by atoms with Crippen LogP contribution in [0, 0.1) is 0 Å². The van der Waals surface area contributed by atoms with Crippen molar-refractivity contribution in [3.8, 4) is 0 Å². The molecule has 1 heterocycles. The Balaban J connectivity index is 1.71. The molecule has 0 saturated heterocycles. The summed E-state index contributed by atoms with van der Waals surface area (Å²) in [6.45, 7) is 2.61. The minimum atomic E-state index is -0.246. The minimum absolute atomic E-state index is 0.0171. The molecule has 0 aliphatic carbocycles. The van der Waals surface area contributed by atoms with Gasteiger partial charge in [0.25, 0.3) is 0 Å². The molecular weight excluding hydrogens is 340 g/mol. The maximum absolute atomic E-state index is 12.6. The number of anilines is 1. The Morgan fingerprint density at radius 2 is 1.92 bits per heavy atom. The van der Waals surface area contributed by atoms with E-state index in [9.17, 15) is 4.79 Å². The fourth-order valence-electron chi connectivity index (χ4n) is 2.59. The van der Waals surface area contributed by atoms with Gasteiger partial charge in [0.2, 0.25) is 5.91 Å². The van der Waals surface area contributed by atoms with Crippen LogP contribution in [0.3, 0.4) is 0 Å². The van der Waals surface area contributed by atoms with Crippen LogP contribution in [0.1, 0.15) is 11.8 Å². The third-order valence-corrected chi connectivity index (χ3v) is 5.34. The van der Waals surface area contributed by atoms with Gasteiger partial charge in [-0.1, -0.05) is 48.0 Å². The molecule has 3 rings (SSSR count). The summed E-state index contributed by atoms with van der Waals surface area (Å²) in [6.07, 6.45) is 0. The smallest absolute Gasteiger partial charge is 0.241 e. The van der Waals surface area contributed by atoms with Gasteiger partial charge in [0, 0.05) is 22.5 Å². The lowest BCUT2D eigenvalue weighted by Crippen LogP contribution is -2.39. The van der Waals surface area contributed by atoms with Crippen molar-refractivity contribution in [2.75, 3.05) is 12.4 Å². The van der Waals surface area contributed by atoms with Crippen molar-refractivity contribution in [1.82, 2.24) is 4.90 Å². The Morgan fingerprint density at radius 1 is 1.17 bits per heavy atom. The number of carbonyl (C=O) groups excluding carboxylic acids is 1. The maximum Gasteiger partial charge on any atom is 0.241 e. The third-order valence-electron chi connectivity index (χ3n) is 4.12. The molecule has 1 aromatic heterocycles. The molecule has 0 saturated carbocycles. The van der Waals surface area contributed by atoms with Gasteiger partial charge < -0.3 is 5.32 Å². The monoisotopic (exact) mass is 358 g/mol. The van der Waals surface area contributed by atoms with Crippen LogP contribution >= 0.6 is 22.9 Å². The number of hydrogen-bond donors (Lipinski definition) is 1. The topological polar surface area (TPSA) is 32.3 Å². The highest BCUT2D eigenvalue weighted by Crippen LogP contribution is 2.25. The Bertz CT molecular complexity index is 856.